The maximum Gasteiger partial charge on any atom is 0.270 e. The lowest BCUT2D eigenvalue weighted by Gasteiger charge is -2.35. The molecule has 4 nitrogen and oxygen atoms in total. The topological polar surface area (TPSA) is 49.0 Å². The van der Waals surface area contributed by atoms with Crippen molar-refractivity contribution in [3.8, 4) is 6.07 Å². The largest absolute Gasteiger partial charge is 0.370 e. The van der Waals surface area contributed by atoms with E-state index in [0.29, 0.717) is 5.92 Å². The van der Waals surface area contributed by atoms with Crippen molar-refractivity contribution in [3.05, 3.63) is 74.5 Å². The molecule has 2 heterocycles. The second kappa shape index (κ2) is 7.21. The third-order valence-electron chi connectivity index (χ3n) is 5.52. The van der Waals surface area contributed by atoms with Crippen LogP contribution in [0.15, 0.2) is 57.8 Å². The van der Waals surface area contributed by atoms with Gasteiger partial charge in [-0.15, -0.1) is 0 Å². The molecule has 1 aromatic heterocycles. The molecular formula is C22H20BrN3O. The molecular weight excluding hydrogens is 402 g/mol. The predicted molar refractivity (Wildman–Crippen MR) is 112 cm³/mol. The van der Waals surface area contributed by atoms with Crippen molar-refractivity contribution in [1.29, 1.82) is 5.26 Å². The molecule has 136 valence electrons. The molecule has 0 radical (unpaired) electrons. The maximum atomic E-state index is 12.7. The summed E-state index contributed by atoms with van der Waals surface area (Å²) in [5.74, 6) is 0.502. The Labute approximate surface area is 166 Å². The molecule has 0 N–H and O–H groups in total. The van der Waals surface area contributed by atoms with Crippen LogP contribution in [-0.2, 0) is 7.05 Å². The Morgan fingerprint density at radius 1 is 1.11 bits per heavy atom. The van der Waals surface area contributed by atoms with Crippen molar-refractivity contribution in [2.75, 3.05) is 18.0 Å². The highest BCUT2D eigenvalue weighted by atomic mass is 79.9. The lowest BCUT2D eigenvalue weighted by Crippen LogP contribution is -2.35. The number of nitrogens with zero attached hydrogens (tertiary/aromatic N) is 3. The zero-order chi connectivity index (χ0) is 19.0. The second-order valence-electron chi connectivity index (χ2n) is 7.03. The lowest BCUT2D eigenvalue weighted by molar-refractivity contribution is 0.505. The zero-order valence-electron chi connectivity index (χ0n) is 15.2. The van der Waals surface area contributed by atoms with Crippen molar-refractivity contribution in [3.63, 3.8) is 0 Å². The first-order chi connectivity index (χ1) is 13.1. The SMILES string of the molecule is Cn1c(=O)c(C#N)c(N2CCC(c3cccc(Br)c3)CC2)c2ccccc21. The van der Waals surface area contributed by atoms with Gasteiger partial charge in [-0.1, -0.05) is 46.3 Å². The average molecular weight is 422 g/mol. The van der Waals surface area contributed by atoms with Crippen LogP contribution in [0.4, 0.5) is 5.69 Å². The molecule has 0 amide bonds. The van der Waals surface area contributed by atoms with E-state index in [1.165, 1.54) is 5.56 Å². The molecule has 0 saturated carbocycles. The van der Waals surface area contributed by atoms with Gasteiger partial charge in [0.2, 0.25) is 0 Å². The second-order valence-corrected chi connectivity index (χ2v) is 7.95. The van der Waals surface area contributed by atoms with Gasteiger partial charge in [0.15, 0.2) is 0 Å². The van der Waals surface area contributed by atoms with E-state index in [9.17, 15) is 10.1 Å². The van der Waals surface area contributed by atoms with Crippen molar-refractivity contribution in [2.24, 2.45) is 7.05 Å². The van der Waals surface area contributed by atoms with Gasteiger partial charge in [-0.2, -0.15) is 5.26 Å². The highest BCUT2D eigenvalue weighted by Crippen LogP contribution is 2.35. The van der Waals surface area contributed by atoms with E-state index in [1.54, 1.807) is 11.6 Å². The zero-order valence-corrected chi connectivity index (χ0v) is 16.7. The summed E-state index contributed by atoms with van der Waals surface area (Å²) >= 11 is 3.55. The van der Waals surface area contributed by atoms with E-state index in [-0.39, 0.29) is 11.1 Å². The smallest absolute Gasteiger partial charge is 0.270 e. The van der Waals surface area contributed by atoms with Crippen LogP contribution in [0, 0.1) is 11.3 Å². The maximum absolute atomic E-state index is 12.7. The van der Waals surface area contributed by atoms with Crippen LogP contribution in [0.25, 0.3) is 10.9 Å². The number of benzene rings is 2. The molecule has 2 aromatic carbocycles. The highest BCUT2D eigenvalue weighted by Gasteiger charge is 2.25. The van der Waals surface area contributed by atoms with Crippen LogP contribution in [0.1, 0.15) is 29.9 Å². The fraction of sp³-hybridized carbons (Fsp3) is 0.273. The molecule has 1 aliphatic heterocycles. The normalized spacial score (nSPS) is 15.1. The standard InChI is InChI=1S/C22H20BrN3O/c1-25-20-8-3-2-7-18(20)21(19(14-24)22(25)27)26-11-9-15(10-12-26)16-5-4-6-17(23)13-16/h2-8,13,15H,9-12H2,1H3. The Morgan fingerprint density at radius 3 is 2.56 bits per heavy atom. The molecule has 0 unspecified atom stereocenters. The van der Waals surface area contributed by atoms with Crippen molar-refractivity contribution < 1.29 is 0 Å². The summed E-state index contributed by atoms with van der Waals surface area (Å²) in [5.41, 5.74) is 3.03. The summed E-state index contributed by atoms with van der Waals surface area (Å²) in [4.78, 5) is 14.9. The monoisotopic (exact) mass is 421 g/mol. The molecule has 0 atom stereocenters. The van der Waals surface area contributed by atoms with Gasteiger partial charge in [-0.05, 0) is 42.5 Å². The predicted octanol–water partition coefficient (Wildman–Crippen LogP) is 4.56. The molecule has 1 saturated heterocycles. The molecule has 27 heavy (non-hydrogen) atoms. The number of para-hydroxylation sites is 1. The number of pyridine rings is 1. The first kappa shape index (κ1) is 17.8. The average Bonchev–Trinajstić information content (AvgIpc) is 2.70. The van der Waals surface area contributed by atoms with E-state index in [4.69, 9.17) is 0 Å². The van der Waals surface area contributed by atoms with Gasteiger partial charge in [-0.25, -0.2) is 0 Å². The summed E-state index contributed by atoms with van der Waals surface area (Å²) in [5, 5.41) is 10.6. The fourth-order valence-corrected chi connectivity index (χ4v) is 4.52. The molecule has 1 aliphatic rings. The van der Waals surface area contributed by atoms with Crippen LogP contribution >= 0.6 is 15.9 Å². The number of piperidine rings is 1. The molecule has 1 fully saturated rings. The summed E-state index contributed by atoms with van der Waals surface area (Å²) in [7, 11) is 1.73. The van der Waals surface area contributed by atoms with E-state index in [2.05, 4.69) is 45.1 Å². The summed E-state index contributed by atoms with van der Waals surface area (Å²) in [6.45, 7) is 1.67. The third kappa shape index (κ3) is 3.15. The summed E-state index contributed by atoms with van der Waals surface area (Å²) < 4.78 is 2.68. The van der Waals surface area contributed by atoms with E-state index >= 15 is 0 Å². The van der Waals surface area contributed by atoms with E-state index < -0.39 is 0 Å². The molecule has 0 spiro atoms. The highest BCUT2D eigenvalue weighted by molar-refractivity contribution is 9.10. The Balaban J connectivity index is 1.71. The van der Waals surface area contributed by atoms with Crippen LogP contribution in [0.3, 0.4) is 0 Å². The fourth-order valence-electron chi connectivity index (χ4n) is 4.11. The van der Waals surface area contributed by atoms with Crippen LogP contribution in [-0.4, -0.2) is 17.7 Å². The number of hydrogen-bond acceptors (Lipinski definition) is 3. The number of fused-ring (bicyclic) bond motifs is 1. The van der Waals surface area contributed by atoms with Crippen LogP contribution < -0.4 is 10.5 Å². The minimum absolute atomic E-state index is 0.222. The van der Waals surface area contributed by atoms with Gasteiger partial charge in [0.1, 0.15) is 11.6 Å². The number of rotatable bonds is 2. The Hall–Kier alpha value is -2.58. The van der Waals surface area contributed by atoms with Crippen LogP contribution in [0.5, 0.6) is 0 Å². The number of anilines is 1. The number of aryl methyl sites for hydroxylation is 1. The molecule has 0 aliphatic carbocycles. The van der Waals surface area contributed by atoms with Gasteiger partial charge in [0.05, 0.1) is 11.2 Å². The minimum atomic E-state index is -0.222. The first-order valence-corrected chi connectivity index (χ1v) is 9.91. The van der Waals surface area contributed by atoms with Crippen molar-refractivity contribution in [1.82, 2.24) is 4.57 Å². The Kier molecular flexibility index (Phi) is 4.75. The summed E-state index contributed by atoms with van der Waals surface area (Å²) in [6.07, 6.45) is 2.01. The molecule has 3 aromatic rings. The number of nitriles is 1. The van der Waals surface area contributed by atoms with Gasteiger partial charge < -0.3 is 9.47 Å². The Bertz CT molecular complexity index is 1100. The summed E-state index contributed by atoms with van der Waals surface area (Å²) in [6, 6.07) is 18.5. The van der Waals surface area contributed by atoms with Gasteiger partial charge in [-0.3, -0.25) is 4.79 Å². The van der Waals surface area contributed by atoms with E-state index in [1.807, 2.05) is 30.3 Å². The molecule has 0 bridgehead atoms. The van der Waals surface area contributed by atoms with Crippen molar-refractivity contribution in [2.45, 2.75) is 18.8 Å². The van der Waals surface area contributed by atoms with Crippen LogP contribution in [0.2, 0.25) is 0 Å². The molecule has 5 heteroatoms. The van der Waals surface area contributed by atoms with Gasteiger partial charge in [0.25, 0.3) is 5.56 Å². The first-order valence-electron chi connectivity index (χ1n) is 9.12. The quantitative estimate of drug-likeness (QED) is 0.609. The number of hydrogen-bond donors (Lipinski definition) is 0. The third-order valence-corrected chi connectivity index (χ3v) is 6.01. The number of aromatic nitrogens is 1. The van der Waals surface area contributed by atoms with Gasteiger partial charge in [0, 0.05) is 30.0 Å². The lowest BCUT2D eigenvalue weighted by atomic mass is 9.89. The number of halogens is 1. The molecule has 4 rings (SSSR count). The van der Waals surface area contributed by atoms with E-state index in [0.717, 1.165) is 47.0 Å². The van der Waals surface area contributed by atoms with Crippen molar-refractivity contribution >= 4 is 32.5 Å². The van der Waals surface area contributed by atoms with Gasteiger partial charge >= 0.3 is 0 Å². The Morgan fingerprint density at radius 2 is 1.85 bits per heavy atom. The minimum Gasteiger partial charge on any atom is -0.370 e.